The van der Waals surface area contributed by atoms with Crippen molar-refractivity contribution in [3.63, 3.8) is 0 Å². The molecule has 0 saturated carbocycles. The Kier molecular flexibility index (Phi) is 5.76. The maximum atomic E-state index is 13.1. The van der Waals surface area contributed by atoms with E-state index in [0.717, 1.165) is 12.8 Å². The second kappa shape index (κ2) is 8.61. The molecule has 29 heavy (non-hydrogen) atoms. The Labute approximate surface area is 172 Å². The van der Waals surface area contributed by atoms with E-state index in [1.807, 2.05) is 0 Å². The summed E-state index contributed by atoms with van der Waals surface area (Å²) in [4.78, 5) is 18.7. The first-order valence-electron chi connectivity index (χ1n) is 9.34. The zero-order valence-corrected chi connectivity index (χ0v) is 16.3. The van der Waals surface area contributed by atoms with E-state index in [-0.39, 0.29) is 24.2 Å². The van der Waals surface area contributed by atoms with Gasteiger partial charge in [0.25, 0.3) is 5.91 Å². The number of nitrogens with zero attached hydrogens (tertiary/aromatic N) is 3. The van der Waals surface area contributed by atoms with Crippen LogP contribution in [-0.2, 0) is 4.79 Å². The highest BCUT2D eigenvalue weighted by molar-refractivity contribution is 6.30. The van der Waals surface area contributed by atoms with E-state index in [1.54, 1.807) is 41.3 Å². The van der Waals surface area contributed by atoms with Gasteiger partial charge in [0.15, 0.2) is 6.61 Å². The summed E-state index contributed by atoms with van der Waals surface area (Å²) in [7, 11) is 0. The molecule has 1 saturated heterocycles. The summed E-state index contributed by atoms with van der Waals surface area (Å²) in [5.74, 6) is 1.04. The molecule has 2 aromatic carbocycles. The van der Waals surface area contributed by atoms with Gasteiger partial charge in [-0.15, -0.1) is 0 Å². The van der Waals surface area contributed by atoms with Crippen LogP contribution in [0.3, 0.4) is 0 Å². The molecule has 1 amide bonds. The van der Waals surface area contributed by atoms with Crippen molar-refractivity contribution >= 4 is 17.5 Å². The molecule has 6 nitrogen and oxygen atoms in total. The number of aromatic nitrogens is 2. The van der Waals surface area contributed by atoms with Gasteiger partial charge in [-0.3, -0.25) is 4.79 Å². The molecule has 1 fully saturated rings. The van der Waals surface area contributed by atoms with Gasteiger partial charge in [-0.25, -0.2) is 4.39 Å². The third-order valence-electron chi connectivity index (χ3n) is 4.84. The van der Waals surface area contributed by atoms with Gasteiger partial charge >= 0.3 is 0 Å². The molecule has 0 radical (unpaired) electrons. The van der Waals surface area contributed by atoms with Crippen LogP contribution in [0.5, 0.6) is 5.75 Å². The predicted molar refractivity (Wildman–Crippen MR) is 105 cm³/mol. The number of amides is 1. The monoisotopic (exact) mass is 415 g/mol. The van der Waals surface area contributed by atoms with Gasteiger partial charge in [0.1, 0.15) is 11.6 Å². The lowest BCUT2D eigenvalue weighted by Crippen LogP contribution is -2.41. The van der Waals surface area contributed by atoms with Crippen molar-refractivity contribution in [1.29, 1.82) is 0 Å². The first-order valence-corrected chi connectivity index (χ1v) is 9.72. The minimum atomic E-state index is -0.320. The summed E-state index contributed by atoms with van der Waals surface area (Å²) in [6, 6.07) is 12.8. The van der Waals surface area contributed by atoms with Crippen LogP contribution in [0.25, 0.3) is 11.4 Å². The maximum Gasteiger partial charge on any atom is 0.260 e. The van der Waals surface area contributed by atoms with Crippen LogP contribution in [0.15, 0.2) is 53.1 Å². The zero-order chi connectivity index (χ0) is 20.2. The quantitative estimate of drug-likeness (QED) is 0.621. The molecule has 8 heteroatoms. The number of hydrogen-bond acceptors (Lipinski definition) is 5. The number of rotatable bonds is 5. The lowest BCUT2D eigenvalue weighted by Gasteiger charge is -2.30. The Morgan fingerprint density at radius 3 is 2.72 bits per heavy atom. The van der Waals surface area contributed by atoms with Crippen molar-refractivity contribution in [1.82, 2.24) is 15.0 Å². The highest BCUT2D eigenvalue weighted by Gasteiger charge is 2.29. The molecule has 0 spiro atoms. The zero-order valence-electron chi connectivity index (χ0n) is 15.6. The van der Waals surface area contributed by atoms with E-state index in [2.05, 4.69) is 10.1 Å². The average Bonchev–Trinajstić information content (AvgIpc) is 3.24. The summed E-state index contributed by atoms with van der Waals surface area (Å²) >= 11 is 5.85. The molecule has 1 aliphatic rings. The fourth-order valence-corrected chi connectivity index (χ4v) is 3.42. The first-order chi connectivity index (χ1) is 14.1. The number of benzene rings is 2. The van der Waals surface area contributed by atoms with E-state index in [9.17, 15) is 9.18 Å². The minimum Gasteiger partial charge on any atom is -0.484 e. The smallest absolute Gasteiger partial charge is 0.260 e. The third kappa shape index (κ3) is 4.74. The van der Waals surface area contributed by atoms with E-state index in [4.69, 9.17) is 20.9 Å². The summed E-state index contributed by atoms with van der Waals surface area (Å²) in [6.45, 7) is 1.12. The van der Waals surface area contributed by atoms with Crippen LogP contribution >= 0.6 is 11.6 Å². The molecular formula is C21H19ClFN3O3. The van der Waals surface area contributed by atoms with Crippen LogP contribution in [-0.4, -0.2) is 40.6 Å². The largest absolute Gasteiger partial charge is 0.484 e. The lowest BCUT2D eigenvalue weighted by molar-refractivity contribution is -0.134. The molecule has 1 aliphatic heterocycles. The topological polar surface area (TPSA) is 68.5 Å². The van der Waals surface area contributed by atoms with Crippen LogP contribution in [0, 0.1) is 5.82 Å². The van der Waals surface area contributed by atoms with Crippen molar-refractivity contribution in [2.45, 2.75) is 18.8 Å². The van der Waals surface area contributed by atoms with E-state index >= 15 is 0 Å². The molecule has 4 rings (SSSR count). The van der Waals surface area contributed by atoms with Gasteiger partial charge in [0.2, 0.25) is 11.7 Å². The predicted octanol–water partition coefficient (Wildman–Crippen LogP) is 4.31. The SMILES string of the molecule is O=C(COc1ccc(Cl)cc1)N1CCC[C@H](c2nc(-c3ccc(F)cc3)no2)C1. The van der Waals surface area contributed by atoms with Crippen molar-refractivity contribution in [2.75, 3.05) is 19.7 Å². The molecule has 0 bridgehead atoms. The summed E-state index contributed by atoms with van der Waals surface area (Å²) in [5, 5.41) is 4.61. The van der Waals surface area contributed by atoms with Crippen molar-refractivity contribution in [3.05, 3.63) is 65.3 Å². The Hall–Kier alpha value is -2.93. The fourth-order valence-electron chi connectivity index (χ4n) is 3.29. The number of likely N-dealkylation sites (tertiary alicyclic amines) is 1. The van der Waals surface area contributed by atoms with Gasteiger partial charge in [-0.05, 0) is 61.4 Å². The number of halogens is 2. The van der Waals surface area contributed by atoms with Crippen molar-refractivity contribution in [2.24, 2.45) is 0 Å². The molecule has 150 valence electrons. The molecule has 0 aliphatic carbocycles. The Bertz CT molecular complexity index is 976. The summed E-state index contributed by atoms with van der Waals surface area (Å²) in [6.07, 6.45) is 1.69. The van der Waals surface area contributed by atoms with Crippen LogP contribution in [0.2, 0.25) is 5.02 Å². The van der Waals surface area contributed by atoms with Gasteiger partial charge in [-0.1, -0.05) is 16.8 Å². The number of carbonyl (C=O) groups is 1. The highest BCUT2D eigenvalue weighted by Crippen LogP contribution is 2.28. The number of carbonyl (C=O) groups excluding carboxylic acids is 1. The molecule has 2 heterocycles. The Morgan fingerprint density at radius 2 is 1.97 bits per heavy atom. The van der Waals surface area contributed by atoms with E-state index in [1.165, 1.54) is 12.1 Å². The van der Waals surface area contributed by atoms with Gasteiger partial charge in [-0.2, -0.15) is 4.98 Å². The van der Waals surface area contributed by atoms with Crippen LogP contribution in [0.1, 0.15) is 24.7 Å². The van der Waals surface area contributed by atoms with Crippen molar-refractivity contribution in [3.8, 4) is 17.1 Å². The van der Waals surface area contributed by atoms with E-state index in [0.29, 0.717) is 41.1 Å². The standard InChI is InChI=1S/C21H19ClFN3O3/c22-16-5-9-18(10-6-16)28-13-19(27)26-11-1-2-15(12-26)21-24-20(25-29-21)14-3-7-17(23)8-4-14/h3-10,15H,1-2,11-13H2/t15-/m0/s1. The molecule has 1 aromatic heterocycles. The number of hydrogen-bond donors (Lipinski definition) is 0. The van der Waals surface area contributed by atoms with Crippen molar-refractivity contribution < 1.29 is 18.4 Å². The summed E-state index contributed by atoms with van der Waals surface area (Å²) in [5.41, 5.74) is 0.682. The number of piperidine rings is 1. The highest BCUT2D eigenvalue weighted by atomic mass is 35.5. The lowest BCUT2D eigenvalue weighted by atomic mass is 9.98. The first kappa shape index (κ1) is 19.4. The summed E-state index contributed by atoms with van der Waals surface area (Å²) < 4.78 is 24.1. The Balaban J connectivity index is 1.37. The number of ether oxygens (including phenoxy) is 1. The minimum absolute atomic E-state index is 0.0371. The maximum absolute atomic E-state index is 13.1. The normalized spacial score (nSPS) is 16.6. The Morgan fingerprint density at radius 1 is 1.21 bits per heavy atom. The van der Waals surface area contributed by atoms with Gasteiger partial charge in [0, 0.05) is 23.7 Å². The van der Waals surface area contributed by atoms with E-state index < -0.39 is 0 Å². The molecule has 0 unspecified atom stereocenters. The average molecular weight is 416 g/mol. The molecular weight excluding hydrogens is 397 g/mol. The van der Waals surface area contributed by atoms with Crippen LogP contribution < -0.4 is 4.74 Å². The second-order valence-corrected chi connectivity index (χ2v) is 7.32. The molecule has 0 N–H and O–H groups in total. The second-order valence-electron chi connectivity index (χ2n) is 6.88. The van der Waals surface area contributed by atoms with Gasteiger partial charge < -0.3 is 14.2 Å². The molecule has 1 atom stereocenters. The van der Waals surface area contributed by atoms with Gasteiger partial charge in [0.05, 0.1) is 5.92 Å². The molecule has 3 aromatic rings. The fraction of sp³-hybridized carbons (Fsp3) is 0.286. The van der Waals surface area contributed by atoms with Crippen LogP contribution in [0.4, 0.5) is 4.39 Å². The third-order valence-corrected chi connectivity index (χ3v) is 5.10.